The van der Waals surface area contributed by atoms with E-state index >= 15 is 0 Å². The van der Waals surface area contributed by atoms with E-state index in [0.29, 0.717) is 25.1 Å². The van der Waals surface area contributed by atoms with Gasteiger partial charge in [-0.05, 0) is 35.6 Å². The summed E-state index contributed by atoms with van der Waals surface area (Å²) in [5, 5.41) is 3.01. The zero-order chi connectivity index (χ0) is 17.6. The Balaban J connectivity index is 1.58. The second-order valence-corrected chi connectivity index (χ2v) is 6.64. The van der Waals surface area contributed by atoms with E-state index in [1.54, 1.807) is 0 Å². The third-order valence-corrected chi connectivity index (χ3v) is 4.67. The van der Waals surface area contributed by atoms with Crippen LogP contribution in [0.5, 0.6) is 0 Å². The zero-order valence-electron chi connectivity index (χ0n) is 14.6. The molecular weight excluding hydrogens is 312 g/mol. The summed E-state index contributed by atoms with van der Waals surface area (Å²) in [7, 11) is 0. The number of rotatable bonds is 6. The van der Waals surface area contributed by atoms with E-state index in [1.165, 1.54) is 5.56 Å². The number of hydrogen-bond donors (Lipinski definition) is 1. The van der Waals surface area contributed by atoms with Crippen LogP contribution in [0.25, 0.3) is 0 Å². The molecule has 2 aromatic carbocycles. The Morgan fingerprint density at radius 2 is 1.96 bits per heavy atom. The highest BCUT2D eigenvalue weighted by Crippen LogP contribution is 2.16. The summed E-state index contributed by atoms with van der Waals surface area (Å²) in [5.74, 6) is 0.388. The highest BCUT2D eigenvalue weighted by Gasteiger charge is 2.20. The van der Waals surface area contributed by atoms with Crippen molar-refractivity contribution in [2.45, 2.75) is 32.2 Å². The SMILES string of the molecule is C[C@H](CNC(=O)c1cccc(CN2CCCC2=O)c1)c1ccccc1. The van der Waals surface area contributed by atoms with Crippen molar-refractivity contribution >= 4 is 11.8 Å². The lowest BCUT2D eigenvalue weighted by Gasteiger charge is -2.16. The van der Waals surface area contributed by atoms with E-state index in [2.05, 4.69) is 24.4 Å². The van der Waals surface area contributed by atoms with Crippen LogP contribution in [0.3, 0.4) is 0 Å². The predicted octanol–water partition coefficient (Wildman–Crippen LogP) is 3.34. The second kappa shape index (κ2) is 7.97. The monoisotopic (exact) mass is 336 g/mol. The van der Waals surface area contributed by atoms with Gasteiger partial charge in [0.05, 0.1) is 0 Å². The average molecular weight is 336 g/mol. The van der Waals surface area contributed by atoms with Gasteiger partial charge in [0.15, 0.2) is 0 Å². The van der Waals surface area contributed by atoms with Gasteiger partial charge in [0.1, 0.15) is 0 Å². The van der Waals surface area contributed by atoms with Gasteiger partial charge in [0.2, 0.25) is 5.91 Å². The molecule has 0 radical (unpaired) electrons. The highest BCUT2D eigenvalue weighted by atomic mass is 16.2. The lowest BCUT2D eigenvalue weighted by Crippen LogP contribution is -2.28. The Morgan fingerprint density at radius 3 is 2.68 bits per heavy atom. The molecule has 0 aromatic heterocycles. The van der Waals surface area contributed by atoms with Crippen LogP contribution < -0.4 is 5.32 Å². The number of nitrogens with one attached hydrogen (secondary N) is 1. The first-order valence-corrected chi connectivity index (χ1v) is 8.83. The fraction of sp³-hybridized carbons (Fsp3) is 0.333. The molecule has 0 aliphatic carbocycles. The molecule has 0 bridgehead atoms. The fourth-order valence-electron chi connectivity index (χ4n) is 3.15. The number of amides is 2. The van der Waals surface area contributed by atoms with E-state index in [0.717, 1.165) is 18.5 Å². The summed E-state index contributed by atoms with van der Waals surface area (Å²) >= 11 is 0. The molecular formula is C21H24N2O2. The van der Waals surface area contributed by atoms with Crippen molar-refractivity contribution in [3.8, 4) is 0 Å². The molecule has 2 aromatic rings. The molecule has 1 heterocycles. The Labute approximate surface area is 148 Å². The Morgan fingerprint density at radius 1 is 1.16 bits per heavy atom. The van der Waals surface area contributed by atoms with Crippen LogP contribution >= 0.6 is 0 Å². The Hall–Kier alpha value is -2.62. The van der Waals surface area contributed by atoms with Crippen LogP contribution in [0.2, 0.25) is 0 Å². The molecule has 3 rings (SSSR count). The summed E-state index contributed by atoms with van der Waals surface area (Å²) < 4.78 is 0. The number of carbonyl (C=O) groups is 2. The van der Waals surface area contributed by atoms with E-state index < -0.39 is 0 Å². The van der Waals surface area contributed by atoms with Gasteiger partial charge in [-0.15, -0.1) is 0 Å². The third-order valence-electron chi connectivity index (χ3n) is 4.67. The molecule has 1 atom stereocenters. The minimum absolute atomic E-state index is 0.0719. The van der Waals surface area contributed by atoms with Crippen LogP contribution in [-0.2, 0) is 11.3 Å². The molecule has 1 N–H and O–H groups in total. The van der Waals surface area contributed by atoms with Crippen molar-refractivity contribution in [3.05, 3.63) is 71.3 Å². The molecule has 0 spiro atoms. The first-order valence-electron chi connectivity index (χ1n) is 8.83. The molecule has 1 aliphatic heterocycles. The van der Waals surface area contributed by atoms with Crippen LogP contribution in [0.1, 0.15) is 47.2 Å². The average Bonchev–Trinajstić information content (AvgIpc) is 3.05. The van der Waals surface area contributed by atoms with E-state index in [9.17, 15) is 9.59 Å². The van der Waals surface area contributed by atoms with Gasteiger partial charge >= 0.3 is 0 Å². The number of nitrogens with zero attached hydrogens (tertiary/aromatic N) is 1. The van der Waals surface area contributed by atoms with Crippen molar-refractivity contribution in [1.29, 1.82) is 0 Å². The summed E-state index contributed by atoms with van der Waals surface area (Å²) in [6.07, 6.45) is 1.56. The van der Waals surface area contributed by atoms with Crippen molar-refractivity contribution in [2.24, 2.45) is 0 Å². The molecule has 1 saturated heterocycles. The smallest absolute Gasteiger partial charge is 0.251 e. The first-order chi connectivity index (χ1) is 12.1. The minimum atomic E-state index is -0.0719. The maximum absolute atomic E-state index is 12.4. The van der Waals surface area contributed by atoms with Gasteiger partial charge in [-0.3, -0.25) is 9.59 Å². The topological polar surface area (TPSA) is 49.4 Å². The number of likely N-dealkylation sites (tertiary alicyclic amines) is 1. The van der Waals surface area contributed by atoms with Crippen LogP contribution in [-0.4, -0.2) is 29.8 Å². The van der Waals surface area contributed by atoms with E-state index in [1.807, 2.05) is 47.4 Å². The normalized spacial score (nSPS) is 15.2. The molecule has 25 heavy (non-hydrogen) atoms. The van der Waals surface area contributed by atoms with E-state index in [4.69, 9.17) is 0 Å². The number of carbonyl (C=O) groups excluding carboxylic acids is 2. The van der Waals surface area contributed by atoms with Crippen LogP contribution in [0.4, 0.5) is 0 Å². The standard InChI is InChI=1S/C21H24N2O2/c1-16(18-8-3-2-4-9-18)14-22-21(25)19-10-5-7-17(13-19)15-23-12-6-11-20(23)24/h2-5,7-10,13,16H,6,11-12,14-15H2,1H3,(H,22,25)/t16-/m1/s1. The predicted molar refractivity (Wildman–Crippen MR) is 98.3 cm³/mol. The van der Waals surface area contributed by atoms with Crippen LogP contribution in [0.15, 0.2) is 54.6 Å². The van der Waals surface area contributed by atoms with E-state index in [-0.39, 0.29) is 17.7 Å². The van der Waals surface area contributed by atoms with Crippen molar-refractivity contribution in [3.63, 3.8) is 0 Å². The summed E-state index contributed by atoms with van der Waals surface area (Å²) in [6, 6.07) is 17.7. The van der Waals surface area contributed by atoms with Crippen molar-refractivity contribution < 1.29 is 9.59 Å². The van der Waals surface area contributed by atoms with Gasteiger partial charge in [-0.25, -0.2) is 0 Å². The Bertz CT molecular complexity index is 743. The maximum Gasteiger partial charge on any atom is 0.251 e. The molecule has 1 fully saturated rings. The fourth-order valence-corrected chi connectivity index (χ4v) is 3.15. The summed E-state index contributed by atoms with van der Waals surface area (Å²) in [5.41, 5.74) is 2.85. The highest BCUT2D eigenvalue weighted by molar-refractivity contribution is 5.94. The van der Waals surface area contributed by atoms with Gasteiger partial charge in [0, 0.05) is 31.6 Å². The molecule has 0 saturated carbocycles. The van der Waals surface area contributed by atoms with Crippen molar-refractivity contribution in [2.75, 3.05) is 13.1 Å². The quantitative estimate of drug-likeness (QED) is 0.879. The zero-order valence-corrected chi connectivity index (χ0v) is 14.6. The van der Waals surface area contributed by atoms with Gasteiger partial charge in [-0.2, -0.15) is 0 Å². The molecule has 0 unspecified atom stereocenters. The first kappa shape index (κ1) is 17.2. The molecule has 130 valence electrons. The maximum atomic E-state index is 12.4. The van der Waals surface area contributed by atoms with Gasteiger partial charge in [-0.1, -0.05) is 49.4 Å². The Kier molecular flexibility index (Phi) is 5.49. The third kappa shape index (κ3) is 4.47. The van der Waals surface area contributed by atoms with Crippen molar-refractivity contribution in [1.82, 2.24) is 10.2 Å². The minimum Gasteiger partial charge on any atom is -0.351 e. The molecule has 1 aliphatic rings. The summed E-state index contributed by atoms with van der Waals surface area (Å²) in [4.78, 5) is 26.1. The van der Waals surface area contributed by atoms with Gasteiger partial charge in [0.25, 0.3) is 5.91 Å². The number of hydrogen-bond acceptors (Lipinski definition) is 2. The lowest BCUT2D eigenvalue weighted by molar-refractivity contribution is -0.128. The lowest BCUT2D eigenvalue weighted by atomic mass is 10.0. The molecule has 4 nitrogen and oxygen atoms in total. The second-order valence-electron chi connectivity index (χ2n) is 6.64. The van der Waals surface area contributed by atoms with Crippen LogP contribution in [0, 0.1) is 0 Å². The molecule has 2 amide bonds. The van der Waals surface area contributed by atoms with Gasteiger partial charge < -0.3 is 10.2 Å². The summed E-state index contributed by atoms with van der Waals surface area (Å²) in [6.45, 7) is 4.09. The number of benzene rings is 2. The molecule has 4 heteroatoms. The largest absolute Gasteiger partial charge is 0.351 e.